The highest BCUT2D eigenvalue weighted by atomic mass is 16.1. The minimum Gasteiger partial charge on any atom is -0.398 e. The Hall–Kier alpha value is -1.55. The number of anilines is 1. The van der Waals surface area contributed by atoms with E-state index in [2.05, 4.69) is 17.1 Å². The Morgan fingerprint density at radius 1 is 1.30 bits per heavy atom. The predicted octanol–water partition coefficient (Wildman–Crippen LogP) is 2.10. The van der Waals surface area contributed by atoms with Crippen molar-refractivity contribution in [2.45, 2.75) is 39.7 Å². The number of piperidine rings is 1. The number of nitrogens with two attached hydrogens (primary N) is 1. The zero-order chi connectivity index (χ0) is 14.7. The van der Waals surface area contributed by atoms with Crippen LogP contribution in [0.25, 0.3) is 0 Å². The van der Waals surface area contributed by atoms with E-state index in [-0.39, 0.29) is 11.9 Å². The van der Waals surface area contributed by atoms with E-state index in [1.807, 2.05) is 19.9 Å². The van der Waals surface area contributed by atoms with Crippen molar-refractivity contribution in [3.05, 3.63) is 28.8 Å². The first-order valence-corrected chi connectivity index (χ1v) is 7.41. The van der Waals surface area contributed by atoms with Crippen LogP contribution in [0.15, 0.2) is 12.1 Å². The second-order valence-electron chi connectivity index (χ2n) is 5.71. The third-order valence-corrected chi connectivity index (χ3v) is 4.23. The zero-order valence-electron chi connectivity index (χ0n) is 12.7. The van der Waals surface area contributed by atoms with Gasteiger partial charge in [0, 0.05) is 30.4 Å². The molecule has 0 atom stereocenters. The number of benzene rings is 1. The average molecular weight is 275 g/mol. The van der Waals surface area contributed by atoms with E-state index in [4.69, 9.17) is 5.73 Å². The fourth-order valence-electron chi connectivity index (χ4n) is 2.77. The van der Waals surface area contributed by atoms with Crippen LogP contribution in [0.3, 0.4) is 0 Å². The van der Waals surface area contributed by atoms with Gasteiger partial charge in [-0.05, 0) is 50.4 Å². The quantitative estimate of drug-likeness (QED) is 0.831. The van der Waals surface area contributed by atoms with E-state index in [9.17, 15) is 4.79 Å². The number of nitrogens with zero attached hydrogens (tertiary/aromatic N) is 1. The molecule has 0 bridgehead atoms. The number of nitrogen functional groups attached to an aromatic ring is 1. The fraction of sp³-hybridized carbons (Fsp3) is 0.562. The van der Waals surface area contributed by atoms with Crippen molar-refractivity contribution in [1.29, 1.82) is 0 Å². The van der Waals surface area contributed by atoms with Gasteiger partial charge < -0.3 is 16.0 Å². The molecule has 4 nitrogen and oxygen atoms in total. The third kappa shape index (κ3) is 3.31. The summed E-state index contributed by atoms with van der Waals surface area (Å²) in [5, 5.41) is 3.15. The highest BCUT2D eigenvalue weighted by Crippen LogP contribution is 2.18. The molecule has 4 heteroatoms. The van der Waals surface area contributed by atoms with E-state index in [0.29, 0.717) is 11.3 Å². The number of carbonyl (C=O) groups is 1. The Kier molecular flexibility index (Phi) is 4.65. The topological polar surface area (TPSA) is 58.4 Å². The summed E-state index contributed by atoms with van der Waals surface area (Å²) in [7, 11) is 0. The van der Waals surface area contributed by atoms with Crippen LogP contribution in [-0.4, -0.2) is 36.5 Å². The second kappa shape index (κ2) is 6.27. The van der Waals surface area contributed by atoms with Gasteiger partial charge in [0.2, 0.25) is 0 Å². The Bertz CT molecular complexity index is 491. The van der Waals surface area contributed by atoms with Crippen molar-refractivity contribution in [3.8, 4) is 0 Å². The molecule has 0 spiro atoms. The van der Waals surface area contributed by atoms with E-state index in [1.54, 1.807) is 6.07 Å². The minimum absolute atomic E-state index is 0.00384. The molecule has 20 heavy (non-hydrogen) atoms. The standard InChI is InChI=1S/C16H25N3O/c1-4-19-7-5-13(6-8-19)18-16(20)14-10-15(17)12(3)9-11(14)2/h9-10,13H,4-8,17H2,1-3H3,(H,18,20). The van der Waals surface area contributed by atoms with Crippen LogP contribution in [0.2, 0.25) is 0 Å². The molecular weight excluding hydrogens is 250 g/mol. The molecule has 1 aliphatic heterocycles. The predicted molar refractivity (Wildman–Crippen MR) is 82.9 cm³/mol. The first-order valence-electron chi connectivity index (χ1n) is 7.41. The normalized spacial score (nSPS) is 17.1. The van der Waals surface area contributed by atoms with Gasteiger partial charge in [-0.2, -0.15) is 0 Å². The van der Waals surface area contributed by atoms with Gasteiger partial charge in [-0.1, -0.05) is 13.0 Å². The van der Waals surface area contributed by atoms with Crippen molar-refractivity contribution >= 4 is 11.6 Å². The van der Waals surface area contributed by atoms with E-state index < -0.39 is 0 Å². The molecule has 0 unspecified atom stereocenters. The Morgan fingerprint density at radius 3 is 2.55 bits per heavy atom. The lowest BCUT2D eigenvalue weighted by Crippen LogP contribution is -2.44. The SMILES string of the molecule is CCN1CCC(NC(=O)c2cc(N)c(C)cc2C)CC1. The van der Waals surface area contributed by atoms with Crippen LogP contribution in [0.5, 0.6) is 0 Å². The number of hydrogen-bond donors (Lipinski definition) is 2. The van der Waals surface area contributed by atoms with E-state index in [1.165, 1.54) is 0 Å². The van der Waals surface area contributed by atoms with E-state index >= 15 is 0 Å². The monoisotopic (exact) mass is 275 g/mol. The lowest BCUT2D eigenvalue weighted by molar-refractivity contribution is 0.0912. The van der Waals surface area contributed by atoms with Crippen molar-refractivity contribution in [3.63, 3.8) is 0 Å². The molecule has 1 aromatic carbocycles. The second-order valence-corrected chi connectivity index (χ2v) is 5.71. The maximum atomic E-state index is 12.4. The van der Waals surface area contributed by atoms with Gasteiger partial charge in [0.05, 0.1) is 0 Å². The molecule has 0 aliphatic carbocycles. The Labute approximate surface area is 121 Å². The van der Waals surface area contributed by atoms with Crippen LogP contribution in [0, 0.1) is 13.8 Å². The van der Waals surface area contributed by atoms with Crippen LogP contribution in [0.1, 0.15) is 41.3 Å². The Balaban J connectivity index is 2.01. The molecule has 0 saturated carbocycles. The molecule has 110 valence electrons. The molecule has 0 aromatic heterocycles. The smallest absolute Gasteiger partial charge is 0.251 e. The fourth-order valence-corrected chi connectivity index (χ4v) is 2.77. The van der Waals surface area contributed by atoms with Gasteiger partial charge in [-0.3, -0.25) is 4.79 Å². The zero-order valence-corrected chi connectivity index (χ0v) is 12.7. The number of nitrogens with one attached hydrogen (secondary N) is 1. The highest BCUT2D eigenvalue weighted by Gasteiger charge is 2.21. The minimum atomic E-state index is 0.00384. The highest BCUT2D eigenvalue weighted by molar-refractivity contribution is 5.96. The molecule has 1 saturated heterocycles. The van der Waals surface area contributed by atoms with Crippen molar-refractivity contribution in [1.82, 2.24) is 10.2 Å². The number of carbonyl (C=O) groups excluding carboxylic acids is 1. The van der Waals surface area contributed by atoms with Gasteiger partial charge >= 0.3 is 0 Å². The lowest BCUT2D eigenvalue weighted by Gasteiger charge is -2.31. The molecule has 0 radical (unpaired) electrons. The molecule has 2 rings (SSSR count). The molecule has 1 aromatic rings. The maximum Gasteiger partial charge on any atom is 0.251 e. The summed E-state index contributed by atoms with van der Waals surface area (Å²) in [6.07, 6.45) is 2.06. The summed E-state index contributed by atoms with van der Waals surface area (Å²) in [5.41, 5.74) is 9.30. The van der Waals surface area contributed by atoms with Gasteiger partial charge in [-0.15, -0.1) is 0 Å². The lowest BCUT2D eigenvalue weighted by atomic mass is 10.0. The number of hydrogen-bond acceptors (Lipinski definition) is 3. The largest absolute Gasteiger partial charge is 0.398 e. The maximum absolute atomic E-state index is 12.4. The van der Waals surface area contributed by atoms with Crippen LogP contribution < -0.4 is 11.1 Å². The van der Waals surface area contributed by atoms with Crippen molar-refractivity contribution < 1.29 is 4.79 Å². The molecular formula is C16H25N3O. The van der Waals surface area contributed by atoms with Crippen LogP contribution in [0.4, 0.5) is 5.69 Å². The number of amides is 1. The summed E-state index contributed by atoms with van der Waals surface area (Å²) in [6.45, 7) is 9.32. The number of likely N-dealkylation sites (tertiary alicyclic amines) is 1. The summed E-state index contributed by atoms with van der Waals surface area (Å²) in [5.74, 6) is 0.00384. The van der Waals surface area contributed by atoms with Crippen molar-refractivity contribution in [2.24, 2.45) is 0 Å². The van der Waals surface area contributed by atoms with Crippen molar-refractivity contribution in [2.75, 3.05) is 25.4 Å². The van der Waals surface area contributed by atoms with E-state index in [0.717, 1.165) is 43.6 Å². The van der Waals surface area contributed by atoms with Crippen LogP contribution >= 0.6 is 0 Å². The number of rotatable bonds is 3. The summed E-state index contributed by atoms with van der Waals surface area (Å²) < 4.78 is 0. The molecule has 1 aliphatic rings. The van der Waals surface area contributed by atoms with Gasteiger partial charge in [-0.25, -0.2) is 0 Å². The average Bonchev–Trinajstić information content (AvgIpc) is 2.43. The summed E-state index contributed by atoms with van der Waals surface area (Å²) >= 11 is 0. The first kappa shape index (κ1) is 14.9. The van der Waals surface area contributed by atoms with Crippen LogP contribution in [-0.2, 0) is 0 Å². The summed E-state index contributed by atoms with van der Waals surface area (Å²) in [4.78, 5) is 14.8. The molecule has 1 amide bonds. The third-order valence-electron chi connectivity index (χ3n) is 4.23. The molecule has 3 N–H and O–H groups in total. The van der Waals surface area contributed by atoms with Gasteiger partial charge in [0.25, 0.3) is 5.91 Å². The number of aryl methyl sites for hydroxylation is 2. The molecule has 1 fully saturated rings. The first-order chi connectivity index (χ1) is 9.51. The Morgan fingerprint density at radius 2 is 1.95 bits per heavy atom. The van der Waals surface area contributed by atoms with Gasteiger partial charge in [0.15, 0.2) is 0 Å². The summed E-state index contributed by atoms with van der Waals surface area (Å²) in [6, 6.07) is 4.05. The van der Waals surface area contributed by atoms with Gasteiger partial charge in [0.1, 0.15) is 0 Å². The molecule has 1 heterocycles.